The molecule has 2 aliphatic rings. The lowest BCUT2D eigenvalue weighted by Gasteiger charge is -2.42. The second-order valence-electron chi connectivity index (χ2n) is 6.11. The first kappa shape index (κ1) is 14.7. The first-order valence-corrected chi connectivity index (χ1v) is 7.82. The number of nitrogens with zero attached hydrogens (tertiary/aromatic N) is 1. The molecule has 0 bridgehead atoms. The van der Waals surface area contributed by atoms with Crippen LogP contribution in [0.15, 0.2) is 4.99 Å². The molecule has 2 fully saturated rings. The maximum absolute atomic E-state index is 8.24. The lowest BCUT2D eigenvalue weighted by Crippen LogP contribution is -2.43. The zero-order valence-corrected chi connectivity index (χ0v) is 12.7. The highest BCUT2D eigenvalue weighted by Crippen LogP contribution is 2.41. The molecule has 1 saturated heterocycles. The van der Waals surface area contributed by atoms with Gasteiger partial charge in [0.2, 0.25) is 0 Å². The molecular formula is C16H28N2O. The molecule has 1 aliphatic heterocycles. The van der Waals surface area contributed by atoms with E-state index >= 15 is 0 Å². The second-order valence-corrected chi connectivity index (χ2v) is 6.11. The largest absolute Gasteiger partial charge is 0.375 e. The number of ether oxygens (including phenoxy) is 1. The van der Waals surface area contributed by atoms with Crippen molar-refractivity contribution in [3.63, 3.8) is 0 Å². The van der Waals surface area contributed by atoms with Crippen molar-refractivity contribution in [1.82, 2.24) is 0 Å². The molecule has 0 aromatic heterocycles. The Hall–Kier alpha value is -0.700. The van der Waals surface area contributed by atoms with Crippen molar-refractivity contribution >= 4 is 11.4 Å². The van der Waals surface area contributed by atoms with Crippen molar-refractivity contribution in [1.29, 1.82) is 5.41 Å². The summed E-state index contributed by atoms with van der Waals surface area (Å²) in [6, 6.07) is 0. The highest BCUT2D eigenvalue weighted by atomic mass is 16.5. The van der Waals surface area contributed by atoms with Gasteiger partial charge in [0.15, 0.2) is 0 Å². The topological polar surface area (TPSA) is 45.4 Å². The number of aliphatic imine (C=N–C) groups is 1. The molecular weight excluding hydrogens is 236 g/mol. The molecule has 3 heteroatoms. The van der Waals surface area contributed by atoms with Gasteiger partial charge in [0.25, 0.3) is 0 Å². The Morgan fingerprint density at radius 1 is 1.37 bits per heavy atom. The Balaban J connectivity index is 2.14. The fraction of sp³-hybridized carbons (Fsp3) is 0.875. The Labute approximate surface area is 117 Å². The van der Waals surface area contributed by atoms with Gasteiger partial charge >= 0.3 is 0 Å². The summed E-state index contributed by atoms with van der Waals surface area (Å²) in [6.45, 7) is 5.34. The first-order chi connectivity index (χ1) is 9.15. The fourth-order valence-corrected chi connectivity index (χ4v) is 3.99. The van der Waals surface area contributed by atoms with Crippen molar-refractivity contribution in [3.8, 4) is 0 Å². The summed E-state index contributed by atoms with van der Waals surface area (Å²) < 4.78 is 6.14. The Morgan fingerprint density at radius 3 is 2.79 bits per heavy atom. The Morgan fingerprint density at radius 2 is 2.16 bits per heavy atom. The van der Waals surface area contributed by atoms with E-state index in [1.54, 1.807) is 0 Å². The van der Waals surface area contributed by atoms with Gasteiger partial charge in [0.05, 0.1) is 5.60 Å². The molecule has 0 aromatic carbocycles. The number of nitrogens with one attached hydrogen (secondary N) is 1. The average molecular weight is 264 g/mol. The molecule has 0 aromatic rings. The summed E-state index contributed by atoms with van der Waals surface area (Å²) >= 11 is 0. The summed E-state index contributed by atoms with van der Waals surface area (Å²) in [5.41, 5.74) is 2.24. The van der Waals surface area contributed by atoms with Crippen LogP contribution in [0.25, 0.3) is 0 Å². The van der Waals surface area contributed by atoms with E-state index in [1.165, 1.54) is 12.1 Å². The molecule has 108 valence electrons. The lowest BCUT2D eigenvalue weighted by atomic mass is 9.74. The predicted molar refractivity (Wildman–Crippen MR) is 80.4 cm³/mol. The van der Waals surface area contributed by atoms with Crippen LogP contribution in [-0.2, 0) is 4.74 Å². The molecule has 3 unspecified atom stereocenters. The number of hydrogen-bond acceptors (Lipinski definition) is 3. The average Bonchev–Trinajstić information content (AvgIpc) is 2.80. The SMILES string of the molecule is CCCC1(CC)CC(C2C(=N)CC/C2=N/C)CCO1. The molecule has 0 radical (unpaired) electrons. The molecule has 1 heterocycles. The third-order valence-corrected chi connectivity index (χ3v) is 5.02. The van der Waals surface area contributed by atoms with Crippen molar-refractivity contribution in [3.05, 3.63) is 0 Å². The van der Waals surface area contributed by atoms with Gasteiger partial charge in [-0.05, 0) is 44.4 Å². The van der Waals surface area contributed by atoms with E-state index < -0.39 is 0 Å². The van der Waals surface area contributed by atoms with Gasteiger partial charge in [-0.1, -0.05) is 20.3 Å². The van der Waals surface area contributed by atoms with Crippen LogP contribution in [-0.4, -0.2) is 30.7 Å². The Kier molecular flexibility index (Phi) is 4.77. The Bertz CT molecular complexity index is 360. The smallest absolute Gasteiger partial charge is 0.0682 e. The van der Waals surface area contributed by atoms with Crippen LogP contribution in [0.3, 0.4) is 0 Å². The van der Waals surface area contributed by atoms with Gasteiger partial charge < -0.3 is 10.1 Å². The fourth-order valence-electron chi connectivity index (χ4n) is 3.99. The van der Waals surface area contributed by atoms with E-state index in [-0.39, 0.29) is 5.60 Å². The normalized spacial score (nSPS) is 38.1. The zero-order valence-electron chi connectivity index (χ0n) is 12.7. The third kappa shape index (κ3) is 2.91. The highest BCUT2D eigenvalue weighted by molar-refractivity contribution is 6.12. The molecule has 3 nitrogen and oxygen atoms in total. The highest BCUT2D eigenvalue weighted by Gasteiger charge is 2.42. The van der Waals surface area contributed by atoms with Crippen LogP contribution in [0.4, 0.5) is 0 Å². The quantitative estimate of drug-likeness (QED) is 0.823. The minimum absolute atomic E-state index is 0.0688. The second kappa shape index (κ2) is 6.17. The van der Waals surface area contributed by atoms with Gasteiger partial charge in [-0.3, -0.25) is 4.99 Å². The molecule has 0 spiro atoms. The minimum Gasteiger partial charge on any atom is -0.375 e. The molecule has 0 amide bonds. The van der Waals surface area contributed by atoms with Crippen LogP contribution in [0.1, 0.15) is 58.8 Å². The van der Waals surface area contributed by atoms with Crippen LogP contribution >= 0.6 is 0 Å². The lowest BCUT2D eigenvalue weighted by molar-refractivity contribution is -0.106. The summed E-state index contributed by atoms with van der Waals surface area (Å²) in [5, 5.41) is 8.24. The van der Waals surface area contributed by atoms with Gasteiger partial charge in [-0.2, -0.15) is 0 Å². The van der Waals surface area contributed by atoms with E-state index in [2.05, 4.69) is 18.8 Å². The van der Waals surface area contributed by atoms with Crippen molar-refractivity contribution in [2.45, 2.75) is 64.4 Å². The predicted octanol–water partition coefficient (Wildman–Crippen LogP) is 3.86. The minimum atomic E-state index is 0.0688. The van der Waals surface area contributed by atoms with E-state index in [0.717, 1.165) is 50.8 Å². The van der Waals surface area contributed by atoms with Crippen molar-refractivity contribution in [2.75, 3.05) is 13.7 Å². The van der Waals surface area contributed by atoms with Gasteiger partial charge in [0, 0.05) is 31.0 Å². The molecule has 3 atom stereocenters. The summed E-state index contributed by atoms with van der Waals surface area (Å²) in [5.74, 6) is 0.894. The third-order valence-electron chi connectivity index (χ3n) is 5.02. The van der Waals surface area contributed by atoms with Crippen LogP contribution < -0.4 is 0 Å². The summed E-state index contributed by atoms with van der Waals surface area (Å²) in [4.78, 5) is 4.45. The van der Waals surface area contributed by atoms with Gasteiger partial charge in [0.1, 0.15) is 0 Å². The van der Waals surface area contributed by atoms with Crippen molar-refractivity contribution < 1.29 is 4.74 Å². The summed E-state index contributed by atoms with van der Waals surface area (Å²) in [7, 11) is 1.89. The molecule has 1 saturated carbocycles. The maximum Gasteiger partial charge on any atom is 0.0682 e. The molecule has 19 heavy (non-hydrogen) atoms. The van der Waals surface area contributed by atoms with Crippen molar-refractivity contribution in [2.24, 2.45) is 16.8 Å². The number of rotatable bonds is 4. The standard InChI is InChI=1S/C16H28N2O/c1-4-9-16(5-2)11-12(8-10-19-16)15-13(17)6-7-14(15)18-3/h12,15,17H,4-11H2,1-3H3/b17-13?,18-14-. The van der Waals surface area contributed by atoms with Crippen LogP contribution in [0.5, 0.6) is 0 Å². The van der Waals surface area contributed by atoms with Gasteiger partial charge in [-0.25, -0.2) is 0 Å². The zero-order chi connectivity index (χ0) is 13.9. The maximum atomic E-state index is 8.24. The van der Waals surface area contributed by atoms with Gasteiger partial charge in [-0.15, -0.1) is 0 Å². The first-order valence-electron chi connectivity index (χ1n) is 7.82. The molecule has 2 rings (SSSR count). The number of hydrogen-bond donors (Lipinski definition) is 1. The summed E-state index contributed by atoms with van der Waals surface area (Å²) in [6.07, 6.45) is 7.55. The van der Waals surface area contributed by atoms with E-state index in [9.17, 15) is 0 Å². The molecule has 1 aliphatic carbocycles. The van der Waals surface area contributed by atoms with Crippen LogP contribution in [0, 0.1) is 17.2 Å². The molecule has 1 N–H and O–H groups in total. The van der Waals surface area contributed by atoms with E-state index in [1.807, 2.05) is 7.05 Å². The monoisotopic (exact) mass is 264 g/mol. The van der Waals surface area contributed by atoms with Crippen LogP contribution in [0.2, 0.25) is 0 Å². The van der Waals surface area contributed by atoms with E-state index in [0.29, 0.717) is 11.8 Å². The van der Waals surface area contributed by atoms with E-state index in [4.69, 9.17) is 10.1 Å².